The van der Waals surface area contributed by atoms with Crippen LogP contribution in [0.2, 0.25) is 0 Å². The second-order valence-corrected chi connectivity index (χ2v) is 2.04. The lowest BCUT2D eigenvalue weighted by Crippen LogP contribution is -2.02. The first-order valence-electron chi connectivity index (χ1n) is 3.18. The average Bonchev–Trinajstić information content (AvgIpc) is 2.08. The topological polar surface area (TPSA) is 96.7 Å². The molecule has 6 nitrogen and oxygen atoms in total. The van der Waals surface area contributed by atoms with Crippen molar-refractivity contribution in [1.29, 1.82) is 0 Å². The standard InChI is InChI=1S/C7H5NO5/c9-3-13-6-5(10)2-1-4(8-6)7(11)12/h1-3,10H,(H,11,12). The lowest BCUT2D eigenvalue weighted by atomic mass is 10.3. The molecule has 0 aliphatic heterocycles. The Morgan fingerprint density at radius 2 is 2.23 bits per heavy atom. The second-order valence-electron chi connectivity index (χ2n) is 2.04. The summed E-state index contributed by atoms with van der Waals surface area (Å²) in [6, 6.07) is 2.17. The molecule has 0 saturated heterocycles. The van der Waals surface area contributed by atoms with Crippen molar-refractivity contribution in [3.8, 4) is 11.6 Å². The third-order valence-corrected chi connectivity index (χ3v) is 1.22. The number of hydrogen-bond acceptors (Lipinski definition) is 5. The molecule has 0 amide bonds. The zero-order chi connectivity index (χ0) is 9.84. The lowest BCUT2D eigenvalue weighted by Gasteiger charge is -2.00. The maximum absolute atomic E-state index is 10.4. The number of carbonyl (C=O) groups excluding carboxylic acids is 1. The Labute approximate surface area is 72.4 Å². The summed E-state index contributed by atoms with van der Waals surface area (Å²) in [6.45, 7) is 0.0493. The predicted molar refractivity (Wildman–Crippen MR) is 39.6 cm³/mol. The lowest BCUT2D eigenvalue weighted by molar-refractivity contribution is -0.121. The Hall–Kier alpha value is -2.11. The van der Waals surface area contributed by atoms with E-state index in [0.717, 1.165) is 12.1 Å². The number of carboxylic acids is 1. The number of hydrogen-bond donors (Lipinski definition) is 2. The number of aromatic carboxylic acids is 1. The molecule has 6 heteroatoms. The van der Waals surface area contributed by atoms with E-state index in [2.05, 4.69) is 9.72 Å². The van der Waals surface area contributed by atoms with Gasteiger partial charge in [-0.3, -0.25) is 4.79 Å². The van der Waals surface area contributed by atoms with E-state index in [4.69, 9.17) is 10.2 Å². The Balaban J connectivity index is 3.10. The number of ether oxygens (including phenoxy) is 1. The third-order valence-electron chi connectivity index (χ3n) is 1.22. The molecule has 1 rings (SSSR count). The number of carboxylic acid groups (broad SMARTS) is 1. The van der Waals surface area contributed by atoms with Gasteiger partial charge in [0.15, 0.2) is 11.4 Å². The van der Waals surface area contributed by atoms with Crippen molar-refractivity contribution < 1.29 is 24.5 Å². The highest BCUT2D eigenvalue weighted by atomic mass is 16.5. The highest BCUT2D eigenvalue weighted by Crippen LogP contribution is 2.22. The minimum atomic E-state index is -1.27. The monoisotopic (exact) mass is 183 g/mol. The molecule has 0 bridgehead atoms. The summed E-state index contributed by atoms with van der Waals surface area (Å²) in [7, 11) is 0. The number of nitrogens with zero attached hydrogens (tertiary/aromatic N) is 1. The zero-order valence-electron chi connectivity index (χ0n) is 6.30. The van der Waals surface area contributed by atoms with E-state index in [0.29, 0.717) is 0 Å². The smallest absolute Gasteiger partial charge is 0.354 e. The zero-order valence-corrected chi connectivity index (χ0v) is 6.30. The SMILES string of the molecule is O=COc1nc(C(=O)O)ccc1O. The van der Waals surface area contributed by atoms with Gasteiger partial charge in [0.2, 0.25) is 0 Å². The second kappa shape index (κ2) is 3.53. The molecule has 0 aliphatic rings. The minimum absolute atomic E-state index is 0.0493. The van der Waals surface area contributed by atoms with Crippen LogP contribution in [0.25, 0.3) is 0 Å². The molecule has 0 unspecified atom stereocenters. The fourth-order valence-corrected chi connectivity index (χ4v) is 0.685. The first kappa shape index (κ1) is 8.98. The van der Waals surface area contributed by atoms with Gasteiger partial charge in [0.25, 0.3) is 12.4 Å². The van der Waals surface area contributed by atoms with Crippen LogP contribution >= 0.6 is 0 Å². The van der Waals surface area contributed by atoms with Crippen molar-refractivity contribution in [2.75, 3.05) is 0 Å². The van der Waals surface area contributed by atoms with Crippen molar-refractivity contribution in [2.24, 2.45) is 0 Å². The number of pyridine rings is 1. The Morgan fingerprint density at radius 3 is 2.77 bits per heavy atom. The Bertz CT molecular complexity index is 349. The van der Waals surface area contributed by atoms with Crippen molar-refractivity contribution in [3.05, 3.63) is 17.8 Å². The summed E-state index contributed by atoms with van der Waals surface area (Å²) < 4.78 is 4.22. The molecule has 1 heterocycles. The molecular weight excluding hydrogens is 178 g/mol. The minimum Gasteiger partial charge on any atom is -0.503 e. The van der Waals surface area contributed by atoms with E-state index in [1.807, 2.05) is 0 Å². The van der Waals surface area contributed by atoms with Crippen LogP contribution in [0.4, 0.5) is 0 Å². The van der Waals surface area contributed by atoms with Gasteiger partial charge in [-0.2, -0.15) is 0 Å². The van der Waals surface area contributed by atoms with Gasteiger partial charge >= 0.3 is 5.97 Å². The van der Waals surface area contributed by atoms with Crippen molar-refractivity contribution in [2.45, 2.75) is 0 Å². The summed E-state index contributed by atoms with van der Waals surface area (Å²) in [4.78, 5) is 23.6. The van der Waals surface area contributed by atoms with Crippen LogP contribution in [0.5, 0.6) is 11.6 Å². The third kappa shape index (κ3) is 1.92. The van der Waals surface area contributed by atoms with Crippen LogP contribution in [-0.2, 0) is 4.79 Å². The highest BCUT2D eigenvalue weighted by Gasteiger charge is 2.10. The van der Waals surface area contributed by atoms with Crippen molar-refractivity contribution in [1.82, 2.24) is 4.98 Å². The number of aromatic hydroxyl groups is 1. The van der Waals surface area contributed by atoms with Gasteiger partial charge in [0.1, 0.15) is 0 Å². The van der Waals surface area contributed by atoms with Gasteiger partial charge in [-0.15, -0.1) is 0 Å². The van der Waals surface area contributed by atoms with Gasteiger partial charge in [-0.25, -0.2) is 9.78 Å². The van der Waals surface area contributed by atoms with Crippen LogP contribution < -0.4 is 4.74 Å². The Morgan fingerprint density at radius 1 is 1.54 bits per heavy atom. The normalized spacial score (nSPS) is 9.23. The quantitative estimate of drug-likeness (QED) is 0.641. The molecule has 0 fully saturated rings. The fourth-order valence-electron chi connectivity index (χ4n) is 0.685. The first-order valence-corrected chi connectivity index (χ1v) is 3.18. The summed E-state index contributed by atoms with van der Waals surface area (Å²) in [6.07, 6.45) is 0. The molecule has 0 spiro atoms. The molecule has 0 atom stereocenters. The van der Waals surface area contributed by atoms with E-state index < -0.39 is 17.6 Å². The predicted octanol–water partition coefficient (Wildman–Crippen LogP) is 0.0206. The van der Waals surface area contributed by atoms with Gasteiger partial charge in [0, 0.05) is 0 Å². The maximum atomic E-state index is 10.4. The van der Waals surface area contributed by atoms with Crippen molar-refractivity contribution in [3.63, 3.8) is 0 Å². The van der Waals surface area contributed by atoms with Gasteiger partial charge in [-0.05, 0) is 12.1 Å². The summed E-state index contributed by atoms with van der Waals surface area (Å²) in [5.41, 5.74) is -0.311. The van der Waals surface area contributed by atoms with E-state index in [9.17, 15) is 9.59 Å². The first-order chi connectivity index (χ1) is 6.15. The van der Waals surface area contributed by atoms with E-state index >= 15 is 0 Å². The largest absolute Gasteiger partial charge is 0.503 e. The number of carbonyl (C=O) groups is 2. The van der Waals surface area contributed by atoms with Crippen molar-refractivity contribution >= 4 is 12.4 Å². The van der Waals surface area contributed by atoms with Crippen LogP contribution in [-0.4, -0.2) is 27.6 Å². The molecule has 1 aromatic heterocycles. The molecule has 13 heavy (non-hydrogen) atoms. The molecular formula is C7H5NO5. The molecule has 2 N–H and O–H groups in total. The summed E-state index contributed by atoms with van der Waals surface area (Å²) >= 11 is 0. The van der Waals surface area contributed by atoms with E-state index in [1.165, 1.54) is 0 Å². The van der Waals surface area contributed by atoms with E-state index in [-0.39, 0.29) is 12.2 Å². The van der Waals surface area contributed by atoms with Gasteiger partial charge in [-0.1, -0.05) is 0 Å². The summed E-state index contributed by atoms with van der Waals surface area (Å²) in [5.74, 6) is -2.08. The number of rotatable bonds is 3. The molecule has 1 aromatic rings. The van der Waals surface area contributed by atoms with E-state index in [1.54, 1.807) is 0 Å². The van der Waals surface area contributed by atoms with Crippen LogP contribution in [0, 0.1) is 0 Å². The average molecular weight is 183 g/mol. The summed E-state index contributed by atoms with van der Waals surface area (Å²) in [5, 5.41) is 17.5. The van der Waals surface area contributed by atoms with Gasteiger partial charge in [0.05, 0.1) is 0 Å². The van der Waals surface area contributed by atoms with Gasteiger partial charge < -0.3 is 14.9 Å². The van der Waals surface area contributed by atoms with Crippen LogP contribution in [0.3, 0.4) is 0 Å². The maximum Gasteiger partial charge on any atom is 0.354 e. The molecule has 0 aromatic carbocycles. The number of aromatic nitrogens is 1. The molecule has 68 valence electrons. The van der Waals surface area contributed by atoms with Crippen LogP contribution in [0.1, 0.15) is 10.5 Å². The highest BCUT2D eigenvalue weighted by molar-refractivity contribution is 5.85. The Kier molecular flexibility index (Phi) is 2.44. The molecule has 0 aliphatic carbocycles. The fraction of sp³-hybridized carbons (Fsp3) is 0. The van der Waals surface area contributed by atoms with Crippen LogP contribution in [0.15, 0.2) is 12.1 Å². The molecule has 0 saturated carbocycles. The molecule has 0 radical (unpaired) electrons.